The molecule has 0 radical (unpaired) electrons. The number of methoxy groups -OCH3 is 2. The average molecular weight is 299 g/mol. The van der Waals surface area contributed by atoms with Crippen molar-refractivity contribution in [2.24, 2.45) is 11.7 Å². The number of ether oxygens (including phenoxy) is 2. The van der Waals surface area contributed by atoms with Crippen LogP contribution in [0.25, 0.3) is 0 Å². The van der Waals surface area contributed by atoms with E-state index in [1.54, 1.807) is 14.2 Å². The maximum absolute atomic E-state index is 6.42. The second kappa shape index (κ2) is 6.20. The molecule has 0 spiro atoms. The van der Waals surface area contributed by atoms with E-state index in [9.17, 15) is 0 Å². The Morgan fingerprint density at radius 3 is 2.50 bits per heavy atom. The molecule has 2 atom stereocenters. The van der Waals surface area contributed by atoms with Crippen molar-refractivity contribution in [1.29, 1.82) is 0 Å². The third kappa shape index (κ3) is 2.60. The predicted octanol–water partition coefficient (Wildman–Crippen LogP) is 2.62. The van der Waals surface area contributed by atoms with Gasteiger partial charge in [0.15, 0.2) is 0 Å². The fraction of sp³-hybridized carbons (Fsp3) is 0.600. The number of rotatable bonds is 4. The summed E-state index contributed by atoms with van der Waals surface area (Å²) in [6.07, 6.45) is 1.03. The lowest BCUT2D eigenvalue weighted by molar-refractivity contribution is 0.302. The van der Waals surface area contributed by atoms with Gasteiger partial charge in [-0.05, 0) is 44.5 Å². The summed E-state index contributed by atoms with van der Waals surface area (Å²) in [6.45, 7) is 3.72. The quantitative estimate of drug-likeness (QED) is 0.928. The number of halogens is 1. The molecule has 1 aromatic rings. The fourth-order valence-corrected chi connectivity index (χ4v) is 3.53. The highest BCUT2D eigenvalue weighted by Gasteiger charge is 2.33. The van der Waals surface area contributed by atoms with Crippen LogP contribution in [0.4, 0.5) is 0 Å². The van der Waals surface area contributed by atoms with E-state index >= 15 is 0 Å². The molecule has 1 fully saturated rings. The van der Waals surface area contributed by atoms with Crippen molar-refractivity contribution in [3.63, 3.8) is 0 Å². The molecule has 1 aliphatic rings. The maximum Gasteiger partial charge on any atom is 0.146 e. The SMILES string of the molecule is COc1c(C)cc(C2CC(CN)CN2C)c(OC)c1Cl. The number of benzene rings is 1. The van der Waals surface area contributed by atoms with Gasteiger partial charge in [0.05, 0.1) is 14.2 Å². The molecule has 1 heterocycles. The summed E-state index contributed by atoms with van der Waals surface area (Å²) in [5.41, 5.74) is 7.95. The number of hydrogen-bond acceptors (Lipinski definition) is 4. The smallest absolute Gasteiger partial charge is 0.146 e. The van der Waals surface area contributed by atoms with Crippen LogP contribution >= 0.6 is 11.6 Å². The lowest BCUT2D eigenvalue weighted by Gasteiger charge is -2.24. The Kier molecular flexibility index (Phi) is 4.78. The van der Waals surface area contributed by atoms with E-state index < -0.39 is 0 Å². The highest BCUT2D eigenvalue weighted by atomic mass is 35.5. The molecule has 2 unspecified atom stereocenters. The molecule has 1 aromatic carbocycles. The fourth-order valence-electron chi connectivity index (χ4n) is 3.11. The second-order valence-corrected chi connectivity index (χ2v) is 5.83. The Labute approximate surface area is 125 Å². The molecule has 1 saturated heterocycles. The van der Waals surface area contributed by atoms with Crippen LogP contribution in [0.1, 0.15) is 23.6 Å². The summed E-state index contributed by atoms with van der Waals surface area (Å²) >= 11 is 6.42. The normalized spacial score (nSPS) is 23.1. The van der Waals surface area contributed by atoms with Crippen molar-refractivity contribution in [2.75, 3.05) is 34.4 Å². The van der Waals surface area contributed by atoms with Crippen molar-refractivity contribution in [1.82, 2.24) is 4.90 Å². The first-order chi connectivity index (χ1) is 9.53. The molecule has 0 saturated carbocycles. The van der Waals surface area contributed by atoms with E-state index in [1.165, 1.54) is 0 Å². The van der Waals surface area contributed by atoms with Crippen LogP contribution in [0.15, 0.2) is 6.07 Å². The van der Waals surface area contributed by atoms with E-state index in [2.05, 4.69) is 18.0 Å². The molecule has 4 nitrogen and oxygen atoms in total. The predicted molar refractivity (Wildman–Crippen MR) is 81.8 cm³/mol. The molecule has 2 N–H and O–H groups in total. The number of hydrogen-bond donors (Lipinski definition) is 1. The molecule has 20 heavy (non-hydrogen) atoms. The summed E-state index contributed by atoms with van der Waals surface area (Å²) in [5.74, 6) is 1.92. The summed E-state index contributed by atoms with van der Waals surface area (Å²) in [5, 5.41) is 0.551. The molecular formula is C15H23ClN2O2. The zero-order valence-electron chi connectivity index (χ0n) is 12.6. The topological polar surface area (TPSA) is 47.7 Å². The third-order valence-corrected chi connectivity index (χ3v) is 4.47. The monoisotopic (exact) mass is 298 g/mol. The van der Waals surface area contributed by atoms with Crippen LogP contribution in [0, 0.1) is 12.8 Å². The van der Waals surface area contributed by atoms with E-state index in [1.807, 2.05) is 6.92 Å². The first-order valence-electron chi connectivity index (χ1n) is 6.84. The molecule has 112 valence electrons. The van der Waals surface area contributed by atoms with Crippen molar-refractivity contribution in [3.8, 4) is 11.5 Å². The molecule has 0 aliphatic carbocycles. The van der Waals surface area contributed by atoms with Gasteiger partial charge >= 0.3 is 0 Å². The first-order valence-corrected chi connectivity index (χ1v) is 7.22. The van der Waals surface area contributed by atoms with Gasteiger partial charge in [-0.1, -0.05) is 11.6 Å². The minimum absolute atomic E-state index is 0.292. The Morgan fingerprint density at radius 2 is 2.00 bits per heavy atom. The van der Waals surface area contributed by atoms with Crippen molar-refractivity contribution < 1.29 is 9.47 Å². The summed E-state index contributed by atoms with van der Waals surface area (Å²) in [6, 6.07) is 2.41. The number of likely N-dealkylation sites (tertiary alicyclic amines) is 1. The Morgan fingerprint density at radius 1 is 1.35 bits per heavy atom. The van der Waals surface area contributed by atoms with Gasteiger partial charge in [-0.3, -0.25) is 4.90 Å². The van der Waals surface area contributed by atoms with Gasteiger partial charge in [-0.2, -0.15) is 0 Å². The Hall–Kier alpha value is -0.970. The average Bonchev–Trinajstić information content (AvgIpc) is 2.80. The molecule has 0 bridgehead atoms. The van der Waals surface area contributed by atoms with Gasteiger partial charge < -0.3 is 15.2 Å². The van der Waals surface area contributed by atoms with E-state index in [0.717, 1.165) is 24.1 Å². The van der Waals surface area contributed by atoms with Gasteiger partial charge in [0.1, 0.15) is 16.5 Å². The highest BCUT2D eigenvalue weighted by molar-refractivity contribution is 6.33. The Bertz CT molecular complexity index is 493. The van der Waals surface area contributed by atoms with Crippen LogP contribution in [-0.2, 0) is 0 Å². The van der Waals surface area contributed by atoms with Crippen LogP contribution in [0.2, 0.25) is 5.02 Å². The van der Waals surface area contributed by atoms with Crippen molar-refractivity contribution >= 4 is 11.6 Å². The second-order valence-electron chi connectivity index (χ2n) is 5.46. The van der Waals surface area contributed by atoms with Gasteiger partial charge in [-0.25, -0.2) is 0 Å². The minimum atomic E-state index is 0.292. The molecule has 5 heteroatoms. The Balaban J connectivity index is 2.46. The summed E-state index contributed by atoms with van der Waals surface area (Å²) in [4.78, 5) is 2.32. The zero-order chi connectivity index (χ0) is 14.9. The molecule has 0 aromatic heterocycles. The third-order valence-electron chi connectivity index (χ3n) is 4.13. The maximum atomic E-state index is 6.42. The van der Waals surface area contributed by atoms with Crippen molar-refractivity contribution in [3.05, 3.63) is 22.2 Å². The molecule has 0 amide bonds. The number of nitrogens with two attached hydrogens (primary N) is 1. The molecule has 1 aliphatic heterocycles. The van der Waals surface area contributed by atoms with Crippen molar-refractivity contribution in [2.45, 2.75) is 19.4 Å². The van der Waals surface area contributed by atoms with Crippen LogP contribution in [0.5, 0.6) is 11.5 Å². The van der Waals surface area contributed by atoms with E-state index in [4.69, 9.17) is 26.8 Å². The van der Waals surface area contributed by atoms with Gasteiger partial charge in [0.2, 0.25) is 0 Å². The number of aryl methyl sites for hydroxylation is 1. The standard InChI is InChI=1S/C15H23ClN2O2/c1-9-5-11(12-6-10(7-17)8-18(12)2)15(20-4)13(16)14(9)19-3/h5,10,12H,6-8,17H2,1-4H3. The van der Waals surface area contributed by atoms with Crippen LogP contribution in [-0.4, -0.2) is 39.3 Å². The van der Waals surface area contributed by atoms with Gasteiger partial charge in [0, 0.05) is 18.2 Å². The lowest BCUT2D eigenvalue weighted by atomic mass is 9.97. The number of nitrogens with zero attached hydrogens (tertiary/aromatic N) is 1. The van der Waals surface area contributed by atoms with Gasteiger partial charge in [0.25, 0.3) is 0 Å². The summed E-state index contributed by atoms with van der Waals surface area (Å²) < 4.78 is 10.9. The van der Waals surface area contributed by atoms with E-state index in [0.29, 0.717) is 35.0 Å². The summed E-state index contributed by atoms with van der Waals surface area (Å²) in [7, 11) is 5.39. The van der Waals surface area contributed by atoms with Crippen LogP contribution in [0.3, 0.4) is 0 Å². The van der Waals surface area contributed by atoms with Crippen LogP contribution < -0.4 is 15.2 Å². The van der Waals surface area contributed by atoms with E-state index in [-0.39, 0.29) is 0 Å². The minimum Gasteiger partial charge on any atom is -0.495 e. The molecular weight excluding hydrogens is 276 g/mol. The lowest BCUT2D eigenvalue weighted by Crippen LogP contribution is -2.21. The zero-order valence-corrected chi connectivity index (χ0v) is 13.3. The first kappa shape index (κ1) is 15.4. The largest absolute Gasteiger partial charge is 0.495 e. The van der Waals surface area contributed by atoms with Gasteiger partial charge in [-0.15, -0.1) is 0 Å². The highest BCUT2D eigenvalue weighted by Crippen LogP contribution is 2.46. The molecule has 2 rings (SSSR count).